The Morgan fingerprint density at radius 2 is 1.85 bits per heavy atom. The van der Waals surface area contributed by atoms with Crippen LogP contribution in [0, 0.1) is 0 Å². The molecule has 0 unspecified atom stereocenters. The highest BCUT2D eigenvalue weighted by Gasteiger charge is 2.22. The van der Waals surface area contributed by atoms with Crippen molar-refractivity contribution in [3.05, 3.63) is 24.3 Å². The number of rotatable bonds is 5. The van der Waals surface area contributed by atoms with Crippen LogP contribution in [0.4, 0.5) is 5.69 Å². The standard InChI is InChI=1S/C20H33N5O2/c1-6-21-19(22-15-18(26)23-20(2,3)4)25-13-11-24(12-14-25)16-9-7-8-10-17(16)27-5/h7-10H,6,11-15H2,1-5H3,(H,21,22)(H,23,26). The quantitative estimate of drug-likeness (QED) is 0.606. The van der Waals surface area contributed by atoms with Crippen LogP contribution in [-0.2, 0) is 4.79 Å². The zero-order chi connectivity index (χ0) is 19.9. The summed E-state index contributed by atoms with van der Waals surface area (Å²) in [7, 11) is 1.70. The van der Waals surface area contributed by atoms with Gasteiger partial charge in [0.25, 0.3) is 0 Å². The summed E-state index contributed by atoms with van der Waals surface area (Å²) in [6, 6.07) is 8.09. The molecular weight excluding hydrogens is 342 g/mol. The maximum absolute atomic E-state index is 12.1. The van der Waals surface area contributed by atoms with Crippen molar-refractivity contribution in [3.63, 3.8) is 0 Å². The molecule has 0 radical (unpaired) electrons. The number of anilines is 1. The van der Waals surface area contributed by atoms with Gasteiger partial charge in [-0.25, -0.2) is 4.99 Å². The van der Waals surface area contributed by atoms with Gasteiger partial charge >= 0.3 is 0 Å². The second-order valence-corrected chi connectivity index (χ2v) is 7.61. The Hall–Kier alpha value is -2.44. The molecule has 0 spiro atoms. The van der Waals surface area contributed by atoms with Crippen molar-refractivity contribution in [3.8, 4) is 5.75 Å². The number of nitrogens with one attached hydrogen (secondary N) is 2. The Labute approximate surface area is 162 Å². The lowest BCUT2D eigenvalue weighted by molar-refractivity contribution is -0.121. The molecule has 1 aliphatic heterocycles. The first-order chi connectivity index (χ1) is 12.8. The van der Waals surface area contributed by atoms with Crippen molar-refractivity contribution in [2.24, 2.45) is 4.99 Å². The van der Waals surface area contributed by atoms with Crippen LogP contribution in [-0.4, -0.2) is 68.7 Å². The number of carbonyl (C=O) groups is 1. The molecule has 0 aliphatic carbocycles. The van der Waals surface area contributed by atoms with E-state index < -0.39 is 0 Å². The van der Waals surface area contributed by atoms with Crippen LogP contribution in [0.25, 0.3) is 0 Å². The molecule has 0 aromatic heterocycles. The number of para-hydroxylation sites is 2. The molecule has 1 amide bonds. The summed E-state index contributed by atoms with van der Waals surface area (Å²) < 4.78 is 5.48. The molecule has 1 fully saturated rings. The second-order valence-electron chi connectivity index (χ2n) is 7.61. The van der Waals surface area contributed by atoms with Gasteiger partial charge in [0.15, 0.2) is 5.96 Å². The van der Waals surface area contributed by atoms with Crippen LogP contribution < -0.4 is 20.3 Å². The molecule has 1 aromatic rings. The fourth-order valence-corrected chi connectivity index (χ4v) is 3.08. The summed E-state index contributed by atoms with van der Waals surface area (Å²) in [5, 5.41) is 6.25. The number of hydrogen-bond donors (Lipinski definition) is 2. The van der Waals surface area contributed by atoms with E-state index in [1.165, 1.54) is 0 Å². The third-order valence-corrected chi connectivity index (χ3v) is 4.23. The van der Waals surface area contributed by atoms with Gasteiger partial charge in [-0.05, 0) is 39.8 Å². The van der Waals surface area contributed by atoms with Crippen molar-refractivity contribution < 1.29 is 9.53 Å². The van der Waals surface area contributed by atoms with Crippen LogP contribution in [0.15, 0.2) is 29.3 Å². The predicted octanol–water partition coefficient (Wildman–Crippen LogP) is 1.70. The molecule has 27 heavy (non-hydrogen) atoms. The lowest BCUT2D eigenvalue weighted by Gasteiger charge is -2.38. The molecule has 1 aliphatic rings. The molecule has 1 aromatic carbocycles. The highest BCUT2D eigenvalue weighted by atomic mass is 16.5. The number of hydrogen-bond acceptors (Lipinski definition) is 4. The number of amides is 1. The highest BCUT2D eigenvalue weighted by molar-refractivity contribution is 5.85. The highest BCUT2D eigenvalue weighted by Crippen LogP contribution is 2.28. The molecule has 2 rings (SSSR count). The van der Waals surface area contributed by atoms with Crippen molar-refractivity contribution >= 4 is 17.6 Å². The van der Waals surface area contributed by atoms with Gasteiger partial charge in [-0.3, -0.25) is 4.79 Å². The summed E-state index contributed by atoms with van der Waals surface area (Å²) in [6.07, 6.45) is 0. The number of benzene rings is 1. The zero-order valence-corrected chi connectivity index (χ0v) is 17.2. The molecular formula is C20H33N5O2. The second kappa shape index (κ2) is 9.48. The monoisotopic (exact) mass is 375 g/mol. The number of ether oxygens (including phenoxy) is 1. The van der Waals surface area contributed by atoms with Crippen LogP contribution in [0.3, 0.4) is 0 Å². The third kappa shape index (κ3) is 6.34. The molecule has 0 bridgehead atoms. The van der Waals surface area contributed by atoms with E-state index in [1.54, 1.807) is 7.11 Å². The molecule has 7 heteroatoms. The average Bonchev–Trinajstić information content (AvgIpc) is 2.64. The van der Waals surface area contributed by atoms with E-state index in [9.17, 15) is 4.79 Å². The van der Waals surface area contributed by atoms with E-state index in [-0.39, 0.29) is 18.0 Å². The first-order valence-electron chi connectivity index (χ1n) is 9.56. The van der Waals surface area contributed by atoms with E-state index in [0.717, 1.165) is 50.1 Å². The fourth-order valence-electron chi connectivity index (χ4n) is 3.08. The molecule has 150 valence electrons. The molecule has 1 saturated heterocycles. The van der Waals surface area contributed by atoms with E-state index in [4.69, 9.17) is 4.74 Å². The summed E-state index contributed by atoms with van der Waals surface area (Å²) >= 11 is 0. The average molecular weight is 376 g/mol. The lowest BCUT2D eigenvalue weighted by Crippen LogP contribution is -2.53. The summed E-state index contributed by atoms with van der Waals surface area (Å²) in [4.78, 5) is 21.1. The molecule has 1 heterocycles. The Morgan fingerprint density at radius 1 is 1.19 bits per heavy atom. The van der Waals surface area contributed by atoms with Crippen molar-refractivity contribution in [1.82, 2.24) is 15.5 Å². The normalized spacial score (nSPS) is 15.5. The van der Waals surface area contributed by atoms with Gasteiger partial charge in [0.2, 0.25) is 5.91 Å². The molecule has 2 N–H and O–H groups in total. The first kappa shape index (κ1) is 20.9. The first-order valence-corrected chi connectivity index (χ1v) is 9.56. The third-order valence-electron chi connectivity index (χ3n) is 4.23. The number of guanidine groups is 1. The van der Waals surface area contributed by atoms with Gasteiger partial charge in [-0.15, -0.1) is 0 Å². The summed E-state index contributed by atoms with van der Waals surface area (Å²) in [5.41, 5.74) is 0.872. The number of methoxy groups -OCH3 is 1. The maximum atomic E-state index is 12.1. The number of nitrogens with zero attached hydrogens (tertiary/aromatic N) is 3. The Kier molecular flexibility index (Phi) is 7.33. The Balaban J connectivity index is 1.98. The Morgan fingerprint density at radius 3 is 2.44 bits per heavy atom. The van der Waals surface area contributed by atoms with Gasteiger partial charge in [0, 0.05) is 38.3 Å². The minimum atomic E-state index is -0.245. The zero-order valence-electron chi connectivity index (χ0n) is 17.2. The van der Waals surface area contributed by atoms with Crippen molar-refractivity contribution in [2.45, 2.75) is 33.2 Å². The summed E-state index contributed by atoms with van der Waals surface area (Å²) in [5.74, 6) is 1.62. The van der Waals surface area contributed by atoms with E-state index >= 15 is 0 Å². The van der Waals surface area contributed by atoms with Gasteiger partial charge in [0.05, 0.1) is 12.8 Å². The largest absolute Gasteiger partial charge is 0.495 e. The smallest absolute Gasteiger partial charge is 0.242 e. The van der Waals surface area contributed by atoms with Crippen molar-refractivity contribution in [1.29, 1.82) is 0 Å². The topological polar surface area (TPSA) is 69.2 Å². The van der Waals surface area contributed by atoms with Gasteiger partial charge in [0.1, 0.15) is 12.3 Å². The Bertz CT molecular complexity index is 646. The number of aliphatic imine (C=N–C) groups is 1. The van der Waals surface area contributed by atoms with Crippen molar-refractivity contribution in [2.75, 3.05) is 51.3 Å². The molecule has 7 nitrogen and oxygen atoms in total. The van der Waals surface area contributed by atoms with Crippen LogP contribution in [0.1, 0.15) is 27.7 Å². The summed E-state index contributed by atoms with van der Waals surface area (Å²) in [6.45, 7) is 12.3. The van der Waals surface area contributed by atoms with Gasteiger partial charge in [-0.1, -0.05) is 12.1 Å². The van der Waals surface area contributed by atoms with E-state index in [2.05, 4.69) is 31.5 Å². The predicted molar refractivity (Wildman–Crippen MR) is 111 cm³/mol. The maximum Gasteiger partial charge on any atom is 0.242 e. The molecule has 0 atom stereocenters. The fraction of sp³-hybridized carbons (Fsp3) is 0.600. The number of piperazine rings is 1. The van der Waals surface area contributed by atoms with Crippen LogP contribution in [0.2, 0.25) is 0 Å². The lowest BCUT2D eigenvalue weighted by atomic mass is 10.1. The minimum Gasteiger partial charge on any atom is -0.495 e. The van der Waals surface area contributed by atoms with Crippen LogP contribution in [0.5, 0.6) is 5.75 Å². The van der Waals surface area contributed by atoms with E-state index in [1.807, 2.05) is 45.9 Å². The van der Waals surface area contributed by atoms with Gasteiger partial charge < -0.3 is 25.2 Å². The van der Waals surface area contributed by atoms with Crippen LogP contribution >= 0.6 is 0 Å². The SMILES string of the molecule is CCNC(=NCC(=O)NC(C)(C)C)N1CCN(c2ccccc2OC)CC1. The number of carbonyl (C=O) groups excluding carboxylic acids is 1. The van der Waals surface area contributed by atoms with Gasteiger partial charge in [-0.2, -0.15) is 0 Å². The molecule has 0 saturated carbocycles. The van der Waals surface area contributed by atoms with E-state index in [0.29, 0.717) is 0 Å². The minimum absolute atomic E-state index is 0.0643.